The Kier molecular flexibility index (Phi) is 12.4. The minimum Gasteiger partial charge on any atom is -0.493 e. The standard InChI is InChI=1S/C24H36N4O4.HI/c1-4-10-25-24(26-11-9-20-6-5-14-32-20)27-18-21(28-12-15-31-16-13-28)19-7-8-22(29-2)23(17-19)30-3;/h5-8,14,17,21H,4,9-13,15-16,18H2,1-3H3,(H2,25,26,27);1H. The molecule has 0 bridgehead atoms. The number of ether oxygens (including phenoxy) is 3. The predicted molar refractivity (Wildman–Crippen MR) is 141 cm³/mol. The molecule has 184 valence electrons. The van der Waals surface area contributed by atoms with Crippen LogP contribution in [0.25, 0.3) is 0 Å². The van der Waals surface area contributed by atoms with Gasteiger partial charge in [0.15, 0.2) is 17.5 Å². The number of hydrogen-bond donors (Lipinski definition) is 2. The van der Waals surface area contributed by atoms with Crippen molar-refractivity contribution < 1.29 is 18.6 Å². The number of halogens is 1. The molecule has 0 amide bonds. The van der Waals surface area contributed by atoms with Crippen LogP contribution in [0.5, 0.6) is 11.5 Å². The number of morpholine rings is 1. The van der Waals surface area contributed by atoms with E-state index >= 15 is 0 Å². The zero-order valence-corrected chi connectivity index (χ0v) is 22.2. The molecular weight excluding hydrogens is 535 g/mol. The van der Waals surface area contributed by atoms with Crippen LogP contribution in [0.3, 0.4) is 0 Å². The second kappa shape index (κ2) is 15.0. The summed E-state index contributed by atoms with van der Waals surface area (Å²) in [5.41, 5.74) is 1.15. The van der Waals surface area contributed by atoms with Crippen LogP contribution >= 0.6 is 24.0 Å². The first-order chi connectivity index (χ1) is 15.7. The molecule has 1 fully saturated rings. The van der Waals surface area contributed by atoms with Crippen LogP contribution in [0.2, 0.25) is 0 Å². The average molecular weight is 572 g/mol. The third kappa shape index (κ3) is 8.38. The maximum absolute atomic E-state index is 5.58. The Morgan fingerprint density at radius 1 is 1.09 bits per heavy atom. The van der Waals surface area contributed by atoms with Gasteiger partial charge < -0.3 is 29.3 Å². The fourth-order valence-electron chi connectivity index (χ4n) is 3.74. The van der Waals surface area contributed by atoms with E-state index in [-0.39, 0.29) is 30.0 Å². The van der Waals surface area contributed by atoms with Gasteiger partial charge in [-0.05, 0) is 36.2 Å². The molecule has 1 saturated heterocycles. The Hall–Kier alpha value is -1.98. The average Bonchev–Trinajstić information content (AvgIpc) is 3.36. The molecule has 2 aromatic rings. The topological polar surface area (TPSA) is 80.5 Å². The maximum atomic E-state index is 5.58. The molecule has 0 saturated carbocycles. The molecule has 1 aliphatic rings. The highest BCUT2D eigenvalue weighted by atomic mass is 127. The lowest BCUT2D eigenvalue weighted by Gasteiger charge is -2.34. The van der Waals surface area contributed by atoms with E-state index < -0.39 is 0 Å². The van der Waals surface area contributed by atoms with Crippen LogP contribution in [0.1, 0.15) is 30.7 Å². The molecule has 2 N–H and O–H groups in total. The van der Waals surface area contributed by atoms with E-state index in [1.165, 1.54) is 0 Å². The van der Waals surface area contributed by atoms with E-state index in [2.05, 4.69) is 34.6 Å². The number of benzene rings is 1. The summed E-state index contributed by atoms with van der Waals surface area (Å²) in [6.45, 7) is 7.60. The van der Waals surface area contributed by atoms with Crippen LogP contribution < -0.4 is 20.1 Å². The molecule has 8 nitrogen and oxygen atoms in total. The van der Waals surface area contributed by atoms with Gasteiger partial charge in [-0.3, -0.25) is 9.89 Å². The lowest BCUT2D eigenvalue weighted by atomic mass is 10.0. The number of methoxy groups -OCH3 is 2. The van der Waals surface area contributed by atoms with Gasteiger partial charge in [0, 0.05) is 32.6 Å². The minimum atomic E-state index is 0. The van der Waals surface area contributed by atoms with E-state index in [4.69, 9.17) is 23.6 Å². The molecule has 9 heteroatoms. The normalized spacial score (nSPS) is 15.4. The van der Waals surface area contributed by atoms with Crippen molar-refractivity contribution in [3.8, 4) is 11.5 Å². The molecular formula is C24H37IN4O4. The van der Waals surface area contributed by atoms with Gasteiger partial charge in [0.25, 0.3) is 0 Å². The summed E-state index contributed by atoms with van der Waals surface area (Å²) >= 11 is 0. The summed E-state index contributed by atoms with van der Waals surface area (Å²) in [5, 5.41) is 6.85. The Morgan fingerprint density at radius 2 is 1.85 bits per heavy atom. The Labute approximate surface area is 214 Å². The SMILES string of the molecule is CCCNC(=NCC(c1ccc(OC)c(OC)c1)N1CCOCC1)NCCc1ccco1.I. The number of rotatable bonds is 11. The van der Waals surface area contributed by atoms with Crippen molar-refractivity contribution in [2.45, 2.75) is 25.8 Å². The molecule has 3 rings (SSSR count). The Bertz CT molecular complexity index is 826. The van der Waals surface area contributed by atoms with Gasteiger partial charge in [-0.1, -0.05) is 13.0 Å². The second-order valence-electron chi connectivity index (χ2n) is 7.65. The van der Waals surface area contributed by atoms with Crippen molar-refractivity contribution in [1.82, 2.24) is 15.5 Å². The lowest BCUT2D eigenvalue weighted by molar-refractivity contribution is 0.0179. The first-order valence-electron chi connectivity index (χ1n) is 11.3. The van der Waals surface area contributed by atoms with Crippen LogP contribution in [0.4, 0.5) is 0 Å². The quantitative estimate of drug-likeness (QED) is 0.243. The first kappa shape index (κ1) is 27.3. The molecule has 33 heavy (non-hydrogen) atoms. The fraction of sp³-hybridized carbons (Fsp3) is 0.542. The summed E-state index contributed by atoms with van der Waals surface area (Å²) in [7, 11) is 3.32. The molecule has 1 aromatic carbocycles. The van der Waals surface area contributed by atoms with Crippen molar-refractivity contribution >= 4 is 29.9 Å². The number of furan rings is 1. The van der Waals surface area contributed by atoms with Crippen LogP contribution in [0, 0.1) is 0 Å². The van der Waals surface area contributed by atoms with Gasteiger partial charge in [0.1, 0.15) is 5.76 Å². The molecule has 2 heterocycles. The Morgan fingerprint density at radius 3 is 2.52 bits per heavy atom. The van der Waals surface area contributed by atoms with Gasteiger partial charge in [0.05, 0.1) is 46.3 Å². The highest BCUT2D eigenvalue weighted by Gasteiger charge is 2.24. The summed E-state index contributed by atoms with van der Waals surface area (Å²) in [4.78, 5) is 7.36. The third-order valence-electron chi connectivity index (χ3n) is 5.49. The third-order valence-corrected chi connectivity index (χ3v) is 5.49. The monoisotopic (exact) mass is 572 g/mol. The molecule has 0 aliphatic carbocycles. The van der Waals surface area contributed by atoms with Crippen molar-refractivity contribution in [3.05, 3.63) is 47.9 Å². The number of nitrogens with one attached hydrogen (secondary N) is 2. The second-order valence-corrected chi connectivity index (χ2v) is 7.65. The number of aliphatic imine (C=N–C) groups is 1. The smallest absolute Gasteiger partial charge is 0.191 e. The van der Waals surface area contributed by atoms with Gasteiger partial charge >= 0.3 is 0 Å². The zero-order chi connectivity index (χ0) is 22.6. The van der Waals surface area contributed by atoms with Crippen LogP contribution in [-0.2, 0) is 11.2 Å². The fourth-order valence-corrected chi connectivity index (χ4v) is 3.74. The summed E-state index contributed by atoms with van der Waals surface area (Å²) < 4.78 is 22.0. The minimum absolute atomic E-state index is 0. The largest absolute Gasteiger partial charge is 0.493 e. The lowest BCUT2D eigenvalue weighted by Crippen LogP contribution is -2.42. The van der Waals surface area contributed by atoms with E-state index in [1.54, 1.807) is 20.5 Å². The zero-order valence-electron chi connectivity index (χ0n) is 19.8. The number of hydrogen-bond acceptors (Lipinski definition) is 6. The molecule has 1 aromatic heterocycles. The molecule has 1 aliphatic heterocycles. The highest BCUT2D eigenvalue weighted by Crippen LogP contribution is 2.32. The summed E-state index contributed by atoms with van der Waals surface area (Å²) in [6.07, 6.45) is 3.54. The maximum Gasteiger partial charge on any atom is 0.191 e. The Balaban J connectivity index is 0.00000385. The van der Waals surface area contributed by atoms with Crippen molar-refractivity contribution in [2.24, 2.45) is 4.99 Å². The molecule has 1 atom stereocenters. The summed E-state index contributed by atoms with van der Waals surface area (Å²) in [6, 6.07) is 10.1. The van der Waals surface area contributed by atoms with E-state index in [0.717, 1.165) is 81.0 Å². The van der Waals surface area contributed by atoms with Crippen molar-refractivity contribution in [2.75, 3.05) is 60.2 Å². The van der Waals surface area contributed by atoms with Gasteiger partial charge in [-0.2, -0.15) is 0 Å². The van der Waals surface area contributed by atoms with E-state index in [1.807, 2.05) is 18.2 Å². The van der Waals surface area contributed by atoms with Crippen molar-refractivity contribution in [1.29, 1.82) is 0 Å². The van der Waals surface area contributed by atoms with Gasteiger partial charge in [0.2, 0.25) is 0 Å². The number of guanidine groups is 1. The van der Waals surface area contributed by atoms with E-state index in [9.17, 15) is 0 Å². The summed E-state index contributed by atoms with van der Waals surface area (Å²) in [5.74, 6) is 3.24. The predicted octanol–water partition coefficient (Wildman–Crippen LogP) is 3.48. The number of nitrogens with zero attached hydrogens (tertiary/aromatic N) is 2. The first-order valence-corrected chi connectivity index (χ1v) is 11.3. The molecule has 0 spiro atoms. The molecule has 1 unspecified atom stereocenters. The van der Waals surface area contributed by atoms with Crippen LogP contribution in [0.15, 0.2) is 46.0 Å². The highest BCUT2D eigenvalue weighted by molar-refractivity contribution is 14.0. The van der Waals surface area contributed by atoms with E-state index in [0.29, 0.717) is 6.54 Å². The van der Waals surface area contributed by atoms with Gasteiger partial charge in [-0.25, -0.2) is 0 Å². The van der Waals surface area contributed by atoms with Gasteiger partial charge in [-0.15, -0.1) is 24.0 Å². The molecule has 0 radical (unpaired) electrons. The van der Waals surface area contributed by atoms with Crippen molar-refractivity contribution in [3.63, 3.8) is 0 Å². The van der Waals surface area contributed by atoms with Crippen LogP contribution in [-0.4, -0.2) is 71.0 Å².